The lowest BCUT2D eigenvalue weighted by atomic mass is 9.88. The Hall–Kier alpha value is -1.57. The molecule has 1 N–H and O–H groups in total. The zero-order valence-electron chi connectivity index (χ0n) is 15.3. The number of hydrogen-bond acceptors (Lipinski definition) is 6. The van der Waals surface area contributed by atoms with Gasteiger partial charge in [-0.15, -0.1) is 0 Å². The number of nitrogens with one attached hydrogen (secondary N) is 1. The minimum atomic E-state index is -3.98. The van der Waals surface area contributed by atoms with E-state index < -0.39 is 20.7 Å². The smallest absolute Gasteiger partial charge is 0.246 e. The summed E-state index contributed by atoms with van der Waals surface area (Å²) in [5.74, 6) is -0.839. The van der Waals surface area contributed by atoms with E-state index in [0.29, 0.717) is 26.1 Å². The van der Waals surface area contributed by atoms with Crippen LogP contribution in [0.3, 0.4) is 0 Å². The van der Waals surface area contributed by atoms with Crippen LogP contribution in [0.4, 0.5) is 4.39 Å². The molecular weight excluding hydrogens is 373 g/mol. The van der Waals surface area contributed by atoms with Crippen molar-refractivity contribution in [3.05, 3.63) is 29.6 Å². The number of benzene rings is 1. The Morgan fingerprint density at radius 2 is 2.19 bits per heavy atom. The van der Waals surface area contributed by atoms with Crippen LogP contribution >= 0.6 is 0 Å². The maximum Gasteiger partial charge on any atom is 0.246 e. The van der Waals surface area contributed by atoms with Gasteiger partial charge in [0.25, 0.3) is 0 Å². The molecule has 0 saturated carbocycles. The van der Waals surface area contributed by atoms with Gasteiger partial charge in [0, 0.05) is 32.8 Å². The molecule has 1 spiro atoms. The summed E-state index contributed by atoms with van der Waals surface area (Å²) in [5, 5.41) is 12.3. The fraction of sp³-hybridized carbons (Fsp3) is 0.611. The molecule has 27 heavy (non-hydrogen) atoms. The van der Waals surface area contributed by atoms with E-state index in [4.69, 9.17) is 14.7 Å². The van der Waals surface area contributed by atoms with Crippen molar-refractivity contribution in [1.82, 2.24) is 9.62 Å². The first-order valence-electron chi connectivity index (χ1n) is 8.96. The molecule has 2 saturated heterocycles. The van der Waals surface area contributed by atoms with Crippen LogP contribution in [0.25, 0.3) is 0 Å². The number of halogens is 1. The van der Waals surface area contributed by atoms with Gasteiger partial charge in [-0.1, -0.05) is 0 Å². The normalized spacial score (nSPS) is 22.8. The summed E-state index contributed by atoms with van der Waals surface area (Å²) in [6, 6.07) is 5.46. The Morgan fingerprint density at radius 1 is 1.44 bits per heavy atom. The van der Waals surface area contributed by atoms with Crippen LogP contribution < -0.4 is 5.32 Å². The van der Waals surface area contributed by atoms with Gasteiger partial charge in [-0.25, -0.2) is 12.8 Å². The highest BCUT2D eigenvalue weighted by atomic mass is 32.2. The summed E-state index contributed by atoms with van der Waals surface area (Å²) < 4.78 is 52.1. The zero-order chi connectivity index (χ0) is 19.5. The molecule has 0 amide bonds. The molecule has 2 fully saturated rings. The van der Waals surface area contributed by atoms with E-state index in [-0.39, 0.29) is 30.3 Å². The van der Waals surface area contributed by atoms with Crippen molar-refractivity contribution in [3.8, 4) is 6.07 Å². The molecule has 1 aromatic carbocycles. The lowest BCUT2D eigenvalue weighted by Gasteiger charge is -2.38. The maximum absolute atomic E-state index is 14.1. The quantitative estimate of drug-likeness (QED) is 0.727. The third-order valence-corrected chi connectivity index (χ3v) is 7.17. The van der Waals surface area contributed by atoms with Crippen LogP contribution in [0.5, 0.6) is 0 Å². The van der Waals surface area contributed by atoms with Crippen molar-refractivity contribution >= 4 is 10.0 Å². The van der Waals surface area contributed by atoms with Crippen molar-refractivity contribution in [2.75, 3.05) is 40.0 Å². The Labute approximate surface area is 159 Å². The predicted molar refractivity (Wildman–Crippen MR) is 96.1 cm³/mol. The average Bonchev–Trinajstić information content (AvgIpc) is 3.05. The van der Waals surface area contributed by atoms with Crippen LogP contribution in [0, 0.1) is 17.1 Å². The van der Waals surface area contributed by atoms with Crippen LogP contribution in [0.15, 0.2) is 23.1 Å². The first kappa shape index (κ1) is 20.2. The molecular formula is C18H24FN3O4S. The van der Waals surface area contributed by atoms with Gasteiger partial charge in [0.2, 0.25) is 10.0 Å². The molecule has 0 aliphatic carbocycles. The highest BCUT2D eigenvalue weighted by Crippen LogP contribution is 2.37. The standard InChI is InChI=1S/C18H24FN3O4S/c1-25-9-6-21-15-11-18(26-13-15)4-7-22(8-5-18)27(23,24)17-10-14(12-20)2-3-16(17)19/h2-3,10,15,21H,4-9,11,13H2,1H3. The summed E-state index contributed by atoms with van der Waals surface area (Å²) in [6.07, 6.45) is 1.95. The van der Waals surface area contributed by atoms with E-state index in [9.17, 15) is 12.8 Å². The van der Waals surface area contributed by atoms with Gasteiger partial charge in [-0.05, 0) is 37.5 Å². The van der Waals surface area contributed by atoms with Gasteiger partial charge in [-0.2, -0.15) is 9.57 Å². The van der Waals surface area contributed by atoms with Crippen molar-refractivity contribution in [3.63, 3.8) is 0 Å². The van der Waals surface area contributed by atoms with E-state index in [1.807, 2.05) is 6.07 Å². The lowest BCUT2D eigenvalue weighted by molar-refractivity contribution is -0.0312. The first-order valence-corrected chi connectivity index (χ1v) is 10.4. The van der Waals surface area contributed by atoms with Crippen molar-refractivity contribution in [1.29, 1.82) is 5.26 Å². The molecule has 0 bridgehead atoms. The van der Waals surface area contributed by atoms with Gasteiger partial charge in [0.1, 0.15) is 10.7 Å². The van der Waals surface area contributed by atoms with Gasteiger partial charge in [-0.3, -0.25) is 0 Å². The highest BCUT2D eigenvalue weighted by Gasteiger charge is 2.44. The van der Waals surface area contributed by atoms with Crippen LogP contribution in [0.1, 0.15) is 24.8 Å². The second-order valence-electron chi connectivity index (χ2n) is 7.00. The number of methoxy groups -OCH3 is 1. The molecule has 3 rings (SSSR count). The number of nitrogens with zero attached hydrogens (tertiary/aromatic N) is 2. The number of piperidine rings is 1. The SMILES string of the molecule is COCCNC1COC2(CCN(S(=O)(=O)c3cc(C#N)ccc3F)CC2)C1. The number of hydrogen-bond donors (Lipinski definition) is 1. The number of rotatable bonds is 6. The Bertz CT molecular complexity index is 816. The number of nitriles is 1. The van der Waals surface area contributed by atoms with Gasteiger partial charge < -0.3 is 14.8 Å². The van der Waals surface area contributed by atoms with E-state index >= 15 is 0 Å². The monoisotopic (exact) mass is 397 g/mol. The Morgan fingerprint density at radius 3 is 2.85 bits per heavy atom. The molecule has 1 unspecified atom stereocenters. The summed E-state index contributed by atoms with van der Waals surface area (Å²) in [7, 11) is -2.33. The molecule has 148 valence electrons. The lowest BCUT2D eigenvalue weighted by Crippen LogP contribution is -2.47. The van der Waals surface area contributed by atoms with E-state index in [1.165, 1.54) is 10.4 Å². The number of ether oxygens (including phenoxy) is 2. The van der Waals surface area contributed by atoms with Crippen molar-refractivity contribution < 1.29 is 22.3 Å². The molecule has 1 atom stereocenters. The van der Waals surface area contributed by atoms with Gasteiger partial charge in [0.05, 0.1) is 30.4 Å². The van der Waals surface area contributed by atoms with Crippen LogP contribution in [-0.4, -0.2) is 64.3 Å². The predicted octanol–water partition coefficient (Wildman–Crippen LogP) is 1.25. The fourth-order valence-corrected chi connectivity index (χ4v) is 5.26. The van der Waals surface area contributed by atoms with E-state index in [2.05, 4.69) is 5.32 Å². The summed E-state index contributed by atoms with van der Waals surface area (Å²) in [4.78, 5) is -0.441. The second-order valence-corrected chi connectivity index (χ2v) is 8.91. The average molecular weight is 397 g/mol. The van der Waals surface area contributed by atoms with Gasteiger partial charge >= 0.3 is 0 Å². The zero-order valence-corrected chi connectivity index (χ0v) is 16.1. The van der Waals surface area contributed by atoms with E-state index in [1.54, 1.807) is 7.11 Å². The molecule has 0 aromatic heterocycles. The molecule has 2 heterocycles. The molecule has 1 aromatic rings. The minimum absolute atomic E-state index is 0.118. The summed E-state index contributed by atoms with van der Waals surface area (Å²) in [6.45, 7) is 2.50. The first-order chi connectivity index (χ1) is 12.9. The van der Waals surface area contributed by atoms with Crippen molar-refractivity contribution in [2.45, 2.75) is 35.8 Å². The highest BCUT2D eigenvalue weighted by molar-refractivity contribution is 7.89. The fourth-order valence-electron chi connectivity index (χ4n) is 3.73. The molecule has 7 nitrogen and oxygen atoms in total. The molecule has 2 aliphatic rings. The summed E-state index contributed by atoms with van der Waals surface area (Å²) >= 11 is 0. The third-order valence-electron chi connectivity index (χ3n) is 5.26. The Balaban J connectivity index is 1.65. The van der Waals surface area contributed by atoms with Crippen LogP contribution in [0.2, 0.25) is 0 Å². The number of sulfonamides is 1. The maximum atomic E-state index is 14.1. The topological polar surface area (TPSA) is 91.7 Å². The minimum Gasteiger partial charge on any atom is -0.383 e. The van der Waals surface area contributed by atoms with Crippen LogP contribution in [-0.2, 0) is 19.5 Å². The molecule has 9 heteroatoms. The van der Waals surface area contributed by atoms with Crippen molar-refractivity contribution in [2.24, 2.45) is 0 Å². The molecule has 0 radical (unpaired) electrons. The summed E-state index contributed by atoms with van der Waals surface area (Å²) in [5.41, 5.74) is -0.211. The third kappa shape index (κ3) is 4.31. The second kappa shape index (κ2) is 8.20. The van der Waals surface area contributed by atoms with Gasteiger partial charge in [0.15, 0.2) is 0 Å². The van der Waals surface area contributed by atoms with E-state index in [0.717, 1.165) is 25.1 Å². The largest absolute Gasteiger partial charge is 0.383 e. The molecule has 2 aliphatic heterocycles. The Kier molecular flexibility index (Phi) is 6.13.